The fourth-order valence-electron chi connectivity index (χ4n) is 2.91. The van der Waals surface area contributed by atoms with E-state index in [4.69, 9.17) is 16.9 Å². The maximum atomic E-state index is 12.5. The Labute approximate surface area is 166 Å². The second-order valence-corrected chi connectivity index (χ2v) is 6.77. The van der Waals surface area contributed by atoms with Crippen molar-refractivity contribution >= 4 is 34.1 Å². The van der Waals surface area contributed by atoms with Crippen LogP contribution in [0.2, 0.25) is 5.02 Å². The van der Waals surface area contributed by atoms with E-state index in [1.54, 1.807) is 36.4 Å². The highest BCUT2D eigenvalue weighted by atomic mass is 35.5. The smallest absolute Gasteiger partial charge is 0.279 e. The number of nitriles is 1. The van der Waals surface area contributed by atoms with Gasteiger partial charge in [-0.05, 0) is 37.3 Å². The van der Waals surface area contributed by atoms with Crippen LogP contribution >= 0.6 is 11.6 Å². The molecule has 3 rings (SSSR count). The molecule has 1 aromatic heterocycles. The van der Waals surface area contributed by atoms with Gasteiger partial charge in [0, 0.05) is 5.02 Å². The number of aromatic amines is 1. The Hall–Kier alpha value is -3.21. The average molecular weight is 397 g/mol. The monoisotopic (exact) mass is 396 g/mol. The molecule has 2 aromatic carbocycles. The normalized spacial score (nSPS) is 11.8. The summed E-state index contributed by atoms with van der Waals surface area (Å²) in [5.41, 5.74) is 1.15. The molecule has 0 radical (unpaired) electrons. The van der Waals surface area contributed by atoms with Gasteiger partial charge in [0.05, 0.1) is 28.7 Å². The Balaban J connectivity index is 1.73. The van der Waals surface area contributed by atoms with E-state index in [-0.39, 0.29) is 18.0 Å². The summed E-state index contributed by atoms with van der Waals surface area (Å²) < 4.78 is 0. The van der Waals surface area contributed by atoms with E-state index < -0.39 is 0 Å². The fraction of sp³-hybridized carbons (Fsp3) is 0.200. The van der Waals surface area contributed by atoms with E-state index in [1.165, 1.54) is 0 Å². The molecule has 3 N–H and O–H groups in total. The lowest BCUT2D eigenvalue weighted by atomic mass is 10.2. The molecule has 0 spiro atoms. The van der Waals surface area contributed by atoms with Gasteiger partial charge in [0.1, 0.15) is 12.6 Å². The molecule has 142 valence electrons. The van der Waals surface area contributed by atoms with Crippen molar-refractivity contribution in [1.82, 2.24) is 9.97 Å². The molecule has 8 heteroatoms. The lowest BCUT2D eigenvalue weighted by Gasteiger charge is -2.17. The standard InChI is InChI=1S/C20H18ClN5O2/c1-2-26(11-18-23-16-6-4-3-5-15(16)20(28)25-18)12-19(27)24-17-9-14(21)8-7-13(17)10-22/h3-9H,2,11-12H2,1H3,(H,24,27)(H,23,25,28)/p+1. The van der Waals surface area contributed by atoms with E-state index in [0.717, 1.165) is 4.90 Å². The number of benzene rings is 2. The van der Waals surface area contributed by atoms with Crippen LogP contribution in [0.3, 0.4) is 0 Å². The van der Waals surface area contributed by atoms with E-state index in [2.05, 4.69) is 15.3 Å². The molecule has 3 aromatic rings. The van der Waals surface area contributed by atoms with Crippen LogP contribution in [0.15, 0.2) is 47.3 Å². The van der Waals surface area contributed by atoms with Crippen LogP contribution in [0.4, 0.5) is 5.69 Å². The van der Waals surface area contributed by atoms with E-state index in [9.17, 15) is 9.59 Å². The number of anilines is 1. The lowest BCUT2D eigenvalue weighted by molar-refractivity contribution is -0.904. The Bertz CT molecular complexity index is 1120. The Morgan fingerprint density at radius 3 is 2.86 bits per heavy atom. The molecule has 0 saturated carbocycles. The van der Waals surface area contributed by atoms with Crippen molar-refractivity contribution in [2.75, 3.05) is 18.4 Å². The predicted molar refractivity (Wildman–Crippen MR) is 107 cm³/mol. The van der Waals surface area contributed by atoms with Gasteiger partial charge in [0.2, 0.25) is 0 Å². The van der Waals surface area contributed by atoms with Crippen LogP contribution in [0.1, 0.15) is 18.3 Å². The molecule has 0 saturated heterocycles. The summed E-state index contributed by atoms with van der Waals surface area (Å²) in [6.45, 7) is 3.15. The van der Waals surface area contributed by atoms with Crippen molar-refractivity contribution in [2.45, 2.75) is 13.5 Å². The molecule has 7 nitrogen and oxygen atoms in total. The number of H-pyrrole nitrogens is 1. The number of carbonyl (C=O) groups excluding carboxylic acids is 1. The number of fused-ring (bicyclic) bond motifs is 1. The minimum atomic E-state index is -0.251. The molecular formula is C20H19ClN5O2+. The summed E-state index contributed by atoms with van der Waals surface area (Å²) in [4.78, 5) is 32.8. The summed E-state index contributed by atoms with van der Waals surface area (Å²) >= 11 is 5.95. The van der Waals surface area contributed by atoms with Gasteiger partial charge >= 0.3 is 0 Å². The molecule has 1 atom stereocenters. The first-order valence-corrected chi connectivity index (χ1v) is 9.19. The first-order valence-electron chi connectivity index (χ1n) is 8.81. The Morgan fingerprint density at radius 2 is 2.11 bits per heavy atom. The summed E-state index contributed by atoms with van der Waals surface area (Å²) in [5.74, 6) is 0.271. The number of quaternary nitrogens is 1. The van der Waals surface area contributed by atoms with Crippen molar-refractivity contribution in [3.05, 3.63) is 69.2 Å². The molecule has 28 heavy (non-hydrogen) atoms. The molecule has 0 fully saturated rings. The van der Waals surface area contributed by atoms with Crippen molar-refractivity contribution in [3.63, 3.8) is 0 Å². The number of nitrogens with one attached hydrogen (secondary N) is 3. The minimum absolute atomic E-state index is 0.157. The van der Waals surface area contributed by atoms with Crippen LogP contribution in [-0.4, -0.2) is 29.0 Å². The molecule has 1 unspecified atom stereocenters. The van der Waals surface area contributed by atoms with Crippen molar-refractivity contribution < 1.29 is 9.69 Å². The molecular weight excluding hydrogens is 378 g/mol. The van der Waals surface area contributed by atoms with Crippen molar-refractivity contribution in [3.8, 4) is 6.07 Å². The summed E-state index contributed by atoms with van der Waals surface area (Å²) in [7, 11) is 0. The van der Waals surface area contributed by atoms with Crippen LogP contribution in [0.5, 0.6) is 0 Å². The van der Waals surface area contributed by atoms with E-state index >= 15 is 0 Å². The average Bonchev–Trinajstić information content (AvgIpc) is 2.67. The molecule has 0 aliphatic carbocycles. The summed E-state index contributed by atoms with van der Waals surface area (Å²) in [5, 5.41) is 12.9. The number of para-hydroxylation sites is 1. The number of carbonyl (C=O) groups is 1. The molecule has 0 aliphatic heterocycles. The van der Waals surface area contributed by atoms with Gasteiger partial charge in [-0.1, -0.05) is 23.7 Å². The molecule has 1 amide bonds. The first kappa shape index (κ1) is 19.5. The van der Waals surface area contributed by atoms with Gasteiger partial charge in [0.25, 0.3) is 11.5 Å². The van der Waals surface area contributed by atoms with Crippen LogP contribution in [0.25, 0.3) is 10.9 Å². The van der Waals surface area contributed by atoms with E-state index in [1.807, 2.05) is 19.1 Å². The first-order chi connectivity index (χ1) is 13.5. The van der Waals surface area contributed by atoms with Gasteiger partial charge in [0.15, 0.2) is 12.4 Å². The number of hydrogen-bond acceptors (Lipinski definition) is 4. The summed E-state index contributed by atoms with van der Waals surface area (Å²) in [6.07, 6.45) is 0. The number of nitrogens with zero attached hydrogens (tertiary/aromatic N) is 2. The highest BCUT2D eigenvalue weighted by Gasteiger charge is 2.17. The van der Waals surface area contributed by atoms with Gasteiger partial charge in [-0.3, -0.25) is 9.59 Å². The predicted octanol–water partition coefficient (Wildman–Crippen LogP) is 1.49. The number of amides is 1. The van der Waals surface area contributed by atoms with Gasteiger partial charge in [-0.25, -0.2) is 4.98 Å². The highest BCUT2D eigenvalue weighted by Crippen LogP contribution is 2.20. The van der Waals surface area contributed by atoms with Crippen molar-refractivity contribution in [1.29, 1.82) is 5.26 Å². The quantitative estimate of drug-likeness (QED) is 0.587. The van der Waals surface area contributed by atoms with Gasteiger partial charge in [-0.15, -0.1) is 0 Å². The van der Waals surface area contributed by atoms with Gasteiger partial charge in [-0.2, -0.15) is 5.26 Å². The zero-order valence-corrected chi connectivity index (χ0v) is 16.0. The third-order valence-corrected chi connectivity index (χ3v) is 4.60. The SMILES string of the molecule is CC[NH+](CC(=O)Nc1cc(Cl)ccc1C#N)Cc1nc2ccccc2c(=O)[nH]1. The zero-order chi connectivity index (χ0) is 20.1. The Kier molecular flexibility index (Phi) is 6.04. The van der Waals surface area contributed by atoms with Crippen molar-refractivity contribution in [2.24, 2.45) is 0 Å². The largest absolute Gasteiger partial charge is 0.321 e. The van der Waals surface area contributed by atoms with Crippen LogP contribution in [0, 0.1) is 11.3 Å². The maximum Gasteiger partial charge on any atom is 0.279 e. The third-order valence-electron chi connectivity index (χ3n) is 4.37. The van der Waals surface area contributed by atoms with E-state index in [0.29, 0.717) is 46.1 Å². The zero-order valence-electron chi connectivity index (χ0n) is 15.3. The highest BCUT2D eigenvalue weighted by molar-refractivity contribution is 6.31. The molecule has 0 bridgehead atoms. The van der Waals surface area contributed by atoms with Gasteiger partial charge < -0.3 is 15.2 Å². The molecule has 0 aliphatic rings. The topological polar surface area (TPSA) is 103 Å². The second kappa shape index (κ2) is 8.65. The number of hydrogen-bond donors (Lipinski definition) is 3. The number of likely N-dealkylation sites (N-methyl/N-ethyl adjacent to an activating group) is 1. The molecule has 1 heterocycles. The third kappa shape index (κ3) is 4.55. The summed E-state index contributed by atoms with van der Waals surface area (Å²) in [6, 6.07) is 13.9. The number of halogens is 1. The number of aromatic nitrogens is 2. The van der Waals surface area contributed by atoms with Crippen LogP contribution in [-0.2, 0) is 11.3 Å². The second-order valence-electron chi connectivity index (χ2n) is 6.34. The maximum absolute atomic E-state index is 12.5. The lowest BCUT2D eigenvalue weighted by Crippen LogP contribution is -3.11. The number of rotatable bonds is 6. The minimum Gasteiger partial charge on any atom is -0.321 e. The Morgan fingerprint density at radius 1 is 1.32 bits per heavy atom. The van der Waals surface area contributed by atoms with Crippen LogP contribution < -0.4 is 15.8 Å². The fourth-order valence-corrected chi connectivity index (χ4v) is 3.08.